The zero-order valence-corrected chi connectivity index (χ0v) is 21.8. The third-order valence-electron chi connectivity index (χ3n) is 7.15. The highest BCUT2D eigenvalue weighted by Gasteiger charge is 2.36. The number of benzene rings is 2. The summed E-state index contributed by atoms with van der Waals surface area (Å²) in [7, 11) is 1.64. The minimum atomic E-state index is -0.937. The Balaban J connectivity index is 1.22. The molecular weight excluding hydrogens is 500 g/mol. The van der Waals surface area contributed by atoms with E-state index in [0.717, 1.165) is 28.3 Å². The van der Waals surface area contributed by atoms with E-state index < -0.39 is 24.0 Å². The van der Waals surface area contributed by atoms with Crippen molar-refractivity contribution in [2.24, 2.45) is 5.92 Å². The molecule has 11 nitrogen and oxygen atoms in total. The molecule has 5 N–H and O–H groups in total. The summed E-state index contributed by atoms with van der Waals surface area (Å²) in [5, 5.41) is 19.7. The van der Waals surface area contributed by atoms with Gasteiger partial charge in [-0.3, -0.25) is 19.7 Å². The number of nitrogens with zero attached hydrogens (tertiary/aromatic N) is 2. The van der Waals surface area contributed by atoms with Crippen molar-refractivity contribution >= 4 is 17.7 Å². The van der Waals surface area contributed by atoms with Gasteiger partial charge in [0.15, 0.2) is 0 Å². The number of fused-ring (bicyclic) bond motifs is 1. The van der Waals surface area contributed by atoms with E-state index in [1.165, 1.54) is 0 Å². The second-order valence-corrected chi connectivity index (χ2v) is 9.73. The van der Waals surface area contributed by atoms with Crippen molar-refractivity contribution in [3.8, 4) is 5.75 Å². The number of carboxylic acids is 1. The van der Waals surface area contributed by atoms with Gasteiger partial charge in [-0.15, -0.1) is 0 Å². The number of anilines is 1. The van der Waals surface area contributed by atoms with Crippen molar-refractivity contribution in [2.45, 2.75) is 31.8 Å². The molecule has 3 heterocycles. The lowest BCUT2D eigenvalue weighted by molar-refractivity contribution is -0.144. The standard InChI is InChI=1S/C28H34N6O5/c1-38-22-9-5-8-21(14-22)31-26-25-20(10-13-34(25)30-18-29-26)15-33-12-11-24(23(16-33)27(35)36)32-28(37)39-17-19-6-3-2-4-7-19/h2-10,13-14,23-24,26,29-31H,11-12,15-18H2,1H3,(H,32,37)(H,35,36)/t23-,24-,26?/m1/s1. The van der Waals surface area contributed by atoms with Crippen LogP contribution in [0, 0.1) is 5.92 Å². The molecule has 1 unspecified atom stereocenters. The molecule has 206 valence electrons. The number of likely N-dealkylation sites (tertiary alicyclic amines) is 1. The maximum atomic E-state index is 12.4. The van der Waals surface area contributed by atoms with Crippen molar-refractivity contribution in [3.05, 3.63) is 83.7 Å². The van der Waals surface area contributed by atoms with Gasteiger partial charge in [-0.05, 0) is 35.7 Å². The highest BCUT2D eigenvalue weighted by molar-refractivity contribution is 5.74. The first-order valence-electron chi connectivity index (χ1n) is 13.0. The average molecular weight is 535 g/mol. The fraction of sp³-hybridized carbons (Fsp3) is 0.357. The van der Waals surface area contributed by atoms with E-state index in [1.54, 1.807) is 7.11 Å². The number of carbonyl (C=O) groups is 2. The highest BCUT2D eigenvalue weighted by atomic mass is 16.5. The molecule has 0 aliphatic carbocycles. The van der Waals surface area contributed by atoms with Gasteiger partial charge in [0.1, 0.15) is 18.5 Å². The van der Waals surface area contributed by atoms with Crippen LogP contribution in [-0.2, 0) is 22.7 Å². The number of rotatable bonds is 9. The summed E-state index contributed by atoms with van der Waals surface area (Å²) in [5.74, 6) is -0.916. The lowest BCUT2D eigenvalue weighted by Crippen LogP contribution is -2.53. The number of nitrogens with one attached hydrogen (secondary N) is 4. The van der Waals surface area contributed by atoms with Gasteiger partial charge in [0.25, 0.3) is 0 Å². The van der Waals surface area contributed by atoms with Crippen LogP contribution in [0.5, 0.6) is 5.75 Å². The van der Waals surface area contributed by atoms with E-state index in [9.17, 15) is 14.7 Å². The number of methoxy groups -OCH3 is 1. The minimum Gasteiger partial charge on any atom is -0.497 e. The second-order valence-electron chi connectivity index (χ2n) is 9.73. The van der Waals surface area contributed by atoms with Crippen LogP contribution in [0.2, 0.25) is 0 Å². The van der Waals surface area contributed by atoms with Gasteiger partial charge in [-0.1, -0.05) is 36.4 Å². The molecule has 0 saturated carbocycles. The molecule has 0 spiro atoms. The Morgan fingerprint density at radius 2 is 1.97 bits per heavy atom. The summed E-state index contributed by atoms with van der Waals surface area (Å²) in [6.07, 6.45) is 1.73. The van der Waals surface area contributed by atoms with Crippen LogP contribution in [0.3, 0.4) is 0 Å². The number of hydrogen-bond donors (Lipinski definition) is 5. The number of piperidine rings is 1. The average Bonchev–Trinajstić information content (AvgIpc) is 3.37. The predicted octanol–water partition coefficient (Wildman–Crippen LogP) is 2.91. The third-order valence-corrected chi connectivity index (χ3v) is 7.15. The molecule has 3 atom stereocenters. The fourth-order valence-electron chi connectivity index (χ4n) is 5.15. The van der Waals surface area contributed by atoms with Crippen LogP contribution in [0.25, 0.3) is 0 Å². The zero-order valence-electron chi connectivity index (χ0n) is 21.8. The Morgan fingerprint density at radius 1 is 1.13 bits per heavy atom. The third kappa shape index (κ3) is 6.44. The number of ether oxygens (including phenoxy) is 2. The molecular formula is C28H34N6O5. The summed E-state index contributed by atoms with van der Waals surface area (Å²) in [6.45, 7) is 2.26. The number of aliphatic carboxylic acids is 1. The Hall–Kier alpha value is -4.22. The summed E-state index contributed by atoms with van der Waals surface area (Å²) >= 11 is 0. The predicted molar refractivity (Wildman–Crippen MR) is 146 cm³/mol. The summed E-state index contributed by atoms with van der Waals surface area (Å²) in [4.78, 5) is 26.7. The molecule has 1 fully saturated rings. The Kier molecular flexibility index (Phi) is 8.18. The molecule has 1 amide bonds. The van der Waals surface area contributed by atoms with Gasteiger partial charge in [-0.2, -0.15) is 0 Å². The summed E-state index contributed by atoms with van der Waals surface area (Å²) in [5.41, 5.74) is 7.20. The van der Waals surface area contributed by atoms with E-state index in [1.807, 2.05) is 65.5 Å². The number of hydrogen-bond acceptors (Lipinski definition) is 8. The number of aromatic nitrogens is 1. The minimum absolute atomic E-state index is 0.135. The molecule has 0 radical (unpaired) electrons. The topological polar surface area (TPSA) is 129 Å². The van der Waals surface area contributed by atoms with Crippen molar-refractivity contribution in [1.29, 1.82) is 0 Å². The van der Waals surface area contributed by atoms with Crippen molar-refractivity contribution in [2.75, 3.05) is 37.6 Å². The first-order valence-corrected chi connectivity index (χ1v) is 13.0. The van der Waals surface area contributed by atoms with Crippen LogP contribution < -0.4 is 26.1 Å². The molecule has 3 aromatic rings. The normalized spacial score (nSPS) is 20.8. The monoisotopic (exact) mass is 534 g/mol. The number of carboxylic acid groups (broad SMARTS) is 1. The lowest BCUT2D eigenvalue weighted by atomic mass is 9.92. The van der Waals surface area contributed by atoms with Gasteiger partial charge in [0.2, 0.25) is 0 Å². The zero-order chi connectivity index (χ0) is 27.2. The molecule has 39 heavy (non-hydrogen) atoms. The maximum Gasteiger partial charge on any atom is 0.407 e. The van der Waals surface area contributed by atoms with E-state index >= 15 is 0 Å². The van der Waals surface area contributed by atoms with Crippen molar-refractivity contribution < 1.29 is 24.2 Å². The summed E-state index contributed by atoms with van der Waals surface area (Å²) < 4.78 is 12.7. The van der Waals surface area contributed by atoms with E-state index in [4.69, 9.17) is 9.47 Å². The van der Waals surface area contributed by atoms with Crippen LogP contribution >= 0.6 is 0 Å². The highest BCUT2D eigenvalue weighted by Crippen LogP contribution is 2.28. The van der Waals surface area contributed by atoms with Crippen LogP contribution in [-0.4, -0.2) is 59.7 Å². The van der Waals surface area contributed by atoms with Crippen LogP contribution in [0.15, 0.2) is 66.9 Å². The van der Waals surface area contributed by atoms with Gasteiger partial charge < -0.3 is 30.6 Å². The number of amides is 1. The van der Waals surface area contributed by atoms with Gasteiger partial charge in [0, 0.05) is 43.6 Å². The molecule has 2 aromatic carbocycles. The van der Waals surface area contributed by atoms with E-state index in [-0.39, 0.29) is 12.8 Å². The van der Waals surface area contributed by atoms with Crippen molar-refractivity contribution in [3.63, 3.8) is 0 Å². The van der Waals surface area contributed by atoms with E-state index in [2.05, 4.69) is 32.3 Å². The summed E-state index contributed by atoms with van der Waals surface area (Å²) in [6, 6.07) is 18.7. The molecule has 5 rings (SSSR count). The van der Waals surface area contributed by atoms with Crippen molar-refractivity contribution in [1.82, 2.24) is 20.2 Å². The number of carbonyl (C=O) groups excluding carboxylic acids is 1. The van der Waals surface area contributed by atoms with Crippen LogP contribution in [0.4, 0.5) is 10.5 Å². The molecule has 1 aromatic heterocycles. The van der Waals surface area contributed by atoms with Crippen LogP contribution in [0.1, 0.15) is 29.4 Å². The Morgan fingerprint density at radius 3 is 2.77 bits per heavy atom. The largest absolute Gasteiger partial charge is 0.497 e. The molecule has 2 aliphatic heterocycles. The molecule has 2 aliphatic rings. The SMILES string of the molecule is COc1cccc(NC2NCNn3ccc(CN4CC[C@@H](NC(=O)OCc5ccccc5)[C@H](C(=O)O)C4)c32)c1. The molecule has 11 heteroatoms. The van der Waals surface area contributed by atoms with Gasteiger partial charge >= 0.3 is 12.1 Å². The smallest absolute Gasteiger partial charge is 0.407 e. The van der Waals surface area contributed by atoms with Gasteiger partial charge in [0.05, 0.1) is 25.4 Å². The maximum absolute atomic E-state index is 12.4. The Bertz CT molecular complexity index is 1280. The first kappa shape index (κ1) is 26.4. The number of alkyl carbamates (subject to hydrolysis) is 1. The molecule has 0 bridgehead atoms. The Labute approximate surface area is 227 Å². The first-order chi connectivity index (χ1) is 19.0. The lowest BCUT2D eigenvalue weighted by Gasteiger charge is -2.37. The fourth-order valence-corrected chi connectivity index (χ4v) is 5.15. The second kappa shape index (κ2) is 12.1. The van der Waals surface area contributed by atoms with E-state index in [0.29, 0.717) is 32.7 Å². The molecule has 1 saturated heterocycles. The van der Waals surface area contributed by atoms with Gasteiger partial charge in [-0.25, -0.2) is 4.79 Å². The quantitative estimate of drug-likeness (QED) is 0.281.